The van der Waals surface area contributed by atoms with E-state index < -0.39 is 12.1 Å². The number of hydrogen-bond donors (Lipinski definition) is 2. The molecule has 0 saturated carbocycles. The van der Waals surface area contributed by atoms with Crippen molar-refractivity contribution in [2.45, 2.75) is 12.5 Å². The van der Waals surface area contributed by atoms with E-state index in [1.165, 1.54) is 0 Å². The molecule has 2 aromatic rings. The minimum absolute atomic E-state index is 0.0758. The summed E-state index contributed by atoms with van der Waals surface area (Å²) in [6, 6.07) is 14.9. The van der Waals surface area contributed by atoms with Gasteiger partial charge in [0.15, 0.2) is 12.8 Å². The van der Waals surface area contributed by atoms with Crippen molar-refractivity contribution in [1.29, 1.82) is 0 Å². The lowest BCUT2D eigenvalue weighted by molar-refractivity contribution is -0.146. The molecule has 126 valence electrons. The fourth-order valence-corrected chi connectivity index (χ4v) is 2.55. The predicted octanol–water partition coefficient (Wildman–Crippen LogP) is 1.91. The first kappa shape index (κ1) is 16.1. The molecule has 0 radical (unpaired) electrons. The Balaban J connectivity index is 1.59. The maximum absolute atomic E-state index is 10.7. The molecule has 1 unspecified atom stereocenters. The van der Waals surface area contributed by atoms with Crippen molar-refractivity contribution in [1.82, 2.24) is 0 Å². The first-order valence-corrected chi connectivity index (χ1v) is 7.73. The van der Waals surface area contributed by atoms with Crippen LogP contribution < -0.4 is 14.4 Å². The number of fused-ring (bicyclic) bond motifs is 1. The van der Waals surface area contributed by atoms with Crippen LogP contribution >= 0.6 is 0 Å². The number of anilines is 1. The van der Waals surface area contributed by atoms with E-state index >= 15 is 0 Å². The second-order valence-corrected chi connectivity index (χ2v) is 5.56. The molecule has 24 heavy (non-hydrogen) atoms. The monoisotopic (exact) mass is 329 g/mol. The van der Waals surface area contributed by atoms with Gasteiger partial charge in [0, 0.05) is 6.42 Å². The molecular formula is C18H19NO5. The Morgan fingerprint density at radius 2 is 1.96 bits per heavy atom. The lowest BCUT2D eigenvalue weighted by Crippen LogP contribution is -2.35. The van der Waals surface area contributed by atoms with Crippen LogP contribution in [0.1, 0.15) is 5.56 Å². The van der Waals surface area contributed by atoms with Gasteiger partial charge in [0.05, 0.1) is 12.2 Å². The van der Waals surface area contributed by atoms with Crippen molar-refractivity contribution in [2.24, 2.45) is 0 Å². The highest BCUT2D eigenvalue weighted by Crippen LogP contribution is 2.30. The van der Waals surface area contributed by atoms with Gasteiger partial charge in [-0.2, -0.15) is 0 Å². The first-order valence-electron chi connectivity index (χ1n) is 7.73. The van der Waals surface area contributed by atoms with E-state index in [2.05, 4.69) is 4.90 Å². The minimum Gasteiger partial charge on any atom is -0.490 e. The molecule has 1 aliphatic rings. The van der Waals surface area contributed by atoms with E-state index in [4.69, 9.17) is 14.6 Å². The number of aliphatic carboxylic acids is 1. The Kier molecular flexibility index (Phi) is 4.86. The van der Waals surface area contributed by atoms with Crippen LogP contribution in [0, 0.1) is 0 Å². The number of benzene rings is 2. The summed E-state index contributed by atoms with van der Waals surface area (Å²) >= 11 is 0. The van der Waals surface area contributed by atoms with E-state index in [0.717, 1.165) is 23.5 Å². The maximum atomic E-state index is 10.7. The highest BCUT2D eigenvalue weighted by molar-refractivity contribution is 5.72. The number of para-hydroxylation sites is 2. The average Bonchev–Trinajstić information content (AvgIpc) is 2.61. The Morgan fingerprint density at radius 1 is 1.21 bits per heavy atom. The fourth-order valence-electron chi connectivity index (χ4n) is 2.55. The zero-order valence-electron chi connectivity index (χ0n) is 13.1. The van der Waals surface area contributed by atoms with Gasteiger partial charge in [-0.3, -0.25) is 0 Å². The van der Waals surface area contributed by atoms with Crippen LogP contribution in [-0.4, -0.2) is 42.2 Å². The van der Waals surface area contributed by atoms with Gasteiger partial charge in [0.2, 0.25) is 0 Å². The van der Waals surface area contributed by atoms with Gasteiger partial charge in [0.25, 0.3) is 0 Å². The molecule has 0 amide bonds. The molecule has 3 rings (SSSR count). The number of hydrogen-bond acceptors (Lipinski definition) is 5. The zero-order valence-corrected chi connectivity index (χ0v) is 13.1. The number of nitrogens with zero attached hydrogens (tertiary/aromatic N) is 1. The number of ether oxygens (including phenoxy) is 2. The number of carboxylic acid groups (broad SMARTS) is 1. The summed E-state index contributed by atoms with van der Waals surface area (Å²) in [6.45, 7) is 1.77. The van der Waals surface area contributed by atoms with Crippen LogP contribution in [0.2, 0.25) is 0 Å². The molecule has 0 aromatic heterocycles. The molecule has 1 atom stereocenters. The van der Waals surface area contributed by atoms with Crippen molar-refractivity contribution < 1.29 is 24.5 Å². The molecular weight excluding hydrogens is 310 g/mol. The number of carbonyl (C=O) groups is 1. The van der Waals surface area contributed by atoms with Crippen LogP contribution in [0.3, 0.4) is 0 Å². The van der Waals surface area contributed by atoms with Crippen LogP contribution in [0.5, 0.6) is 11.5 Å². The first-order chi connectivity index (χ1) is 11.6. The molecule has 6 nitrogen and oxygen atoms in total. The van der Waals surface area contributed by atoms with Crippen molar-refractivity contribution in [2.75, 3.05) is 24.8 Å². The third-order valence-electron chi connectivity index (χ3n) is 3.85. The normalized spacial score (nSPS) is 14.5. The SMILES string of the molecule is O=C(O)C(O)Cc1ccc(OCN2CCOc3ccccc32)cc1. The topological polar surface area (TPSA) is 79.2 Å². The van der Waals surface area contributed by atoms with Crippen molar-refractivity contribution in [3.63, 3.8) is 0 Å². The average molecular weight is 329 g/mol. The molecule has 6 heteroatoms. The molecule has 2 N–H and O–H groups in total. The van der Waals surface area contributed by atoms with Gasteiger partial charge in [-0.25, -0.2) is 4.79 Å². The molecule has 0 saturated heterocycles. The highest BCUT2D eigenvalue weighted by atomic mass is 16.5. The summed E-state index contributed by atoms with van der Waals surface area (Å²) < 4.78 is 11.4. The van der Waals surface area contributed by atoms with E-state index in [1.807, 2.05) is 24.3 Å². The Labute approximate surface area is 139 Å². The smallest absolute Gasteiger partial charge is 0.332 e. The summed E-state index contributed by atoms with van der Waals surface area (Å²) in [6.07, 6.45) is -1.31. The second-order valence-electron chi connectivity index (χ2n) is 5.56. The molecule has 0 bridgehead atoms. The number of aliphatic hydroxyl groups is 1. The summed E-state index contributed by atoms with van der Waals surface area (Å²) in [5, 5.41) is 18.1. The van der Waals surface area contributed by atoms with Crippen molar-refractivity contribution >= 4 is 11.7 Å². The summed E-state index contributed by atoms with van der Waals surface area (Å²) in [5.41, 5.74) is 1.75. The Morgan fingerprint density at radius 3 is 2.71 bits per heavy atom. The quantitative estimate of drug-likeness (QED) is 0.843. The Hall–Kier alpha value is -2.73. The molecule has 2 aromatic carbocycles. The van der Waals surface area contributed by atoms with E-state index in [9.17, 15) is 9.90 Å². The Bertz CT molecular complexity index is 701. The highest BCUT2D eigenvalue weighted by Gasteiger charge is 2.17. The number of rotatable bonds is 6. The lowest BCUT2D eigenvalue weighted by Gasteiger charge is -2.30. The predicted molar refractivity (Wildman–Crippen MR) is 88.6 cm³/mol. The van der Waals surface area contributed by atoms with Gasteiger partial charge in [-0.1, -0.05) is 24.3 Å². The van der Waals surface area contributed by atoms with E-state index in [1.54, 1.807) is 24.3 Å². The van der Waals surface area contributed by atoms with Gasteiger partial charge in [-0.15, -0.1) is 0 Å². The largest absolute Gasteiger partial charge is 0.490 e. The second kappa shape index (κ2) is 7.23. The zero-order chi connectivity index (χ0) is 16.9. The molecule has 1 aliphatic heterocycles. The molecule has 1 heterocycles. The van der Waals surface area contributed by atoms with Crippen molar-refractivity contribution in [3.8, 4) is 11.5 Å². The van der Waals surface area contributed by atoms with Gasteiger partial charge in [-0.05, 0) is 29.8 Å². The third kappa shape index (κ3) is 3.78. The number of aliphatic hydroxyl groups excluding tert-OH is 1. The van der Waals surface area contributed by atoms with E-state index in [0.29, 0.717) is 19.1 Å². The fraction of sp³-hybridized carbons (Fsp3) is 0.278. The van der Waals surface area contributed by atoms with Gasteiger partial charge in [0.1, 0.15) is 18.1 Å². The molecule has 0 aliphatic carbocycles. The maximum Gasteiger partial charge on any atom is 0.332 e. The summed E-state index contributed by atoms with van der Waals surface area (Å²) in [4.78, 5) is 12.8. The molecule has 0 spiro atoms. The van der Waals surface area contributed by atoms with Crippen LogP contribution in [-0.2, 0) is 11.2 Å². The standard InChI is InChI=1S/C18H19NO5/c20-16(18(21)22)11-13-5-7-14(8-6-13)24-12-19-9-10-23-17-4-2-1-3-15(17)19/h1-8,16,20H,9-12H2,(H,21,22). The third-order valence-corrected chi connectivity index (χ3v) is 3.85. The van der Waals surface area contributed by atoms with Crippen LogP contribution in [0.4, 0.5) is 5.69 Å². The van der Waals surface area contributed by atoms with Crippen LogP contribution in [0.15, 0.2) is 48.5 Å². The van der Waals surface area contributed by atoms with Gasteiger partial charge >= 0.3 is 5.97 Å². The molecule has 0 fully saturated rings. The van der Waals surface area contributed by atoms with Crippen LogP contribution in [0.25, 0.3) is 0 Å². The van der Waals surface area contributed by atoms with E-state index in [-0.39, 0.29) is 6.42 Å². The lowest BCUT2D eigenvalue weighted by atomic mass is 10.1. The summed E-state index contributed by atoms with van der Waals surface area (Å²) in [5.74, 6) is 0.319. The van der Waals surface area contributed by atoms with Gasteiger partial charge < -0.3 is 24.6 Å². The number of carboxylic acids is 1. The van der Waals surface area contributed by atoms with Crippen molar-refractivity contribution in [3.05, 3.63) is 54.1 Å². The minimum atomic E-state index is -1.39. The summed E-state index contributed by atoms with van der Waals surface area (Å²) in [7, 11) is 0.